The van der Waals surface area contributed by atoms with Gasteiger partial charge in [0.15, 0.2) is 10.6 Å². The molecule has 1 amide bonds. The molecule has 2 N–H and O–H groups in total. The third-order valence-corrected chi connectivity index (χ3v) is 4.30. The number of H-pyrrole nitrogens is 1. The number of nitrogens with zero attached hydrogens (tertiary/aromatic N) is 2. The third kappa shape index (κ3) is 4.37. The van der Waals surface area contributed by atoms with Crippen molar-refractivity contribution >= 4 is 18.1 Å². The van der Waals surface area contributed by atoms with Crippen molar-refractivity contribution in [1.82, 2.24) is 20.1 Å². The van der Waals surface area contributed by atoms with Gasteiger partial charge in [-0.15, -0.1) is 0 Å². The number of hydrogen-bond acceptors (Lipinski definition) is 4. The summed E-state index contributed by atoms with van der Waals surface area (Å²) < 4.78 is 7.27. The Bertz CT molecular complexity index is 917. The fraction of sp³-hybridized carbons (Fsp3) is 0.211. The number of carbonyl (C=O) groups is 1. The Morgan fingerprint density at radius 3 is 2.62 bits per heavy atom. The van der Waals surface area contributed by atoms with Gasteiger partial charge in [-0.25, -0.2) is 0 Å². The highest BCUT2D eigenvalue weighted by Crippen LogP contribution is 2.20. The molecule has 0 saturated heterocycles. The van der Waals surface area contributed by atoms with Crippen molar-refractivity contribution in [3.8, 4) is 17.1 Å². The fourth-order valence-electron chi connectivity index (χ4n) is 2.62. The number of rotatable bonds is 7. The first-order valence-electron chi connectivity index (χ1n) is 8.27. The van der Waals surface area contributed by atoms with Crippen molar-refractivity contribution in [2.45, 2.75) is 13.0 Å². The van der Waals surface area contributed by atoms with E-state index in [1.54, 1.807) is 11.7 Å². The quantitative estimate of drug-likeness (QED) is 0.629. The number of amides is 1. The van der Waals surface area contributed by atoms with Crippen LogP contribution >= 0.6 is 12.2 Å². The Labute approximate surface area is 156 Å². The fourth-order valence-corrected chi connectivity index (χ4v) is 2.81. The summed E-state index contributed by atoms with van der Waals surface area (Å²) in [6, 6.07) is 17.5. The Morgan fingerprint density at radius 2 is 1.92 bits per heavy atom. The number of aromatic amines is 1. The van der Waals surface area contributed by atoms with E-state index in [1.165, 1.54) is 5.56 Å². The number of benzene rings is 2. The lowest BCUT2D eigenvalue weighted by Crippen LogP contribution is -2.29. The maximum absolute atomic E-state index is 12.3. The molecule has 2 aromatic carbocycles. The van der Waals surface area contributed by atoms with Crippen LogP contribution in [-0.2, 0) is 17.8 Å². The van der Waals surface area contributed by atoms with Gasteiger partial charge in [-0.05, 0) is 48.5 Å². The summed E-state index contributed by atoms with van der Waals surface area (Å²) in [5.74, 6) is 1.28. The van der Waals surface area contributed by atoms with Crippen molar-refractivity contribution in [3.63, 3.8) is 0 Å². The predicted octanol–water partition coefficient (Wildman–Crippen LogP) is 2.98. The van der Waals surface area contributed by atoms with Crippen molar-refractivity contribution in [3.05, 3.63) is 64.9 Å². The largest absolute Gasteiger partial charge is 0.497 e. The van der Waals surface area contributed by atoms with Crippen LogP contribution in [0, 0.1) is 4.77 Å². The molecule has 0 unspecified atom stereocenters. The first-order chi connectivity index (χ1) is 12.7. The average molecular weight is 368 g/mol. The first kappa shape index (κ1) is 17.9. The molecule has 0 fully saturated rings. The number of aromatic nitrogens is 3. The molecule has 134 valence electrons. The summed E-state index contributed by atoms with van der Waals surface area (Å²) in [5, 5.41) is 9.93. The Balaban J connectivity index is 1.64. The summed E-state index contributed by atoms with van der Waals surface area (Å²) in [6.07, 6.45) is 0.786. The molecular formula is C19H20N4O2S. The van der Waals surface area contributed by atoms with Gasteiger partial charge in [0.2, 0.25) is 5.91 Å². The topological polar surface area (TPSA) is 71.9 Å². The van der Waals surface area contributed by atoms with Crippen LogP contribution in [0.3, 0.4) is 0 Å². The Hall–Kier alpha value is -2.93. The van der Waals surface area contributed by atoms with E-state index in [9.17, 15) is 4.79 Å². The van der Waals surface area contributed by atoms with Crippen LogP contribution in [0.4, 0.5) is 0 Å². The monoisotopic (exact) mass is 368 g/mol. The Morgan fingerprint density at radius 1 is 1.19 bits per heavy atom. The molecule has 0 bridgehead atoms. The molecule has 0 spiro atoms. The van der Waals surface area contributed by atoms with Gasteiger partial charge in [0, 0.05) is 12.1 Å². The van der Waals surface area contributed by atoms with E-state index in [0.717, 1.165) is 17.7 Å². The minimum absolute atomic E-state index is 0.104. The van der Waals surface area contributed by atoms with Crippen LogP contribution in [0.25, 0.3) is 11.4 Å². The zero-order valence-electron chi connectivity index (χ0n) is 14.4. The number of carbonyl (C=O) groups excluding carboxylic acids is 1. The van der Waals surface area contributed by atoms with Crippen molar-refractivity contribution in [1.29, 1.82) is 0 Å². The van der Waals surface area contributed by atoms with E-state index in [1.807, 2.05) is 54.6 Å². The highest BCUT2D eigenvalue weighted by atomic mass is 32.1. The summed E-state index contributed by atoms with van der Waals surface area (Å²) in [4.78, 5) is 12.3. The Kier molecular flexibility index (Phi) is 5.80. The minimum Gasteiger partial charge on any atom is -0.497 e. The van der Waals surface area contributed by atoms with E-state index in [0.29, 0.717) is 17.1 Å². The van der Waals surface area contributed by atoms with E-state index < -0.39 is 0 Å². The van der Waals surface area contributed by atoms with Gasteiger partial charge in [0.25, 0.3) is 0 Å². The lowest BCUT2D eigenvalue weighted by molar-refractivity contribution is -0.121. The van der Waals surface area contributed by atoms with Crippen molar-refractivity contribution in [2.24, 2.45) is 0 Å². The molecule has 3 rings (SSSR count). The number of hydrogen-bond donors (Lipinski definition) is 2. The minimum atomic E-state index is -0.104. The van der Waals surface area contributed by atoms with Gasteiger partial charge in [-0.1, -0.05) is 30.3 Å². The highest BCUT2D eigenvalue weighted by Gasteiger charge is 2.12. The molecule has 1 aromatic heterocycles. The number of nitrogens with one attached hydrogen (secondary N) is 2. The maximum Gasteiger partial charge on any atom is 0.240 e. The molecule has 3 aromatic rings. The molecule has 0 saturated carbocycles. The van der Waals surface area contributed by atoms with E-state index >= 15 is 0 Å². The SMILES string of the molecule is COc1ccc(-c2n[nH]c(=S)n2CC(=O)NCCc2ccccc2)cc1. The van der Waals surface area contributed by atoms with Crippen molar-refractivity contribution < 1.29 is 9.53 Å². The zero-order chi connectivity index (χ0) is 18.4. The third-order valence-electron chi connectivity index (χ3n) is 3.99. The zero-order valence-corrected chi connectivity index (χ0v) is 15.3. The normalized spacial score (nSPS) is 10.5. The highest BCUT2D eigenvalue weighted by molar-refractivity contribution is 7.71. The van der Waals surface area contributed by atoms with Gasteiger partial charge in [-0.3, -0.25) is 14.5 Å². The number of methoxy groups -OCH3 is 1. The van der Waals surface area contributed by atoms with Gasteiger partial charge < -0.3 is 10.1 Å². The molecular weight excluding hydrogens is 348 g/mol. The van der Waals surface area contributed by atoms with E-state index in [4.69, 9.17) is 17.0 Å². The molecule has 26 heavy (non-hydrogen) atoms. The molecule has 0 aliphatic carbocycles. The van der Waals surface area contributed by atoms with Crippen LogP contribution in [0.2, 0.25) is 0 Å². The summed E-state index contributed by atoms with van der Waals surface area (Å²) >= 11 is 5.27. The van der Waals surface area contributed by atoms with Crippen LogP contribution in [0.1, 0.15) is 5.56 Å². The summed E-state index contributed by atoms with van der Waals surface area (Å²) in [5.41, 5.74) is 2.04. The van der Waals surface area contributed by atoms with Crippen molar-refractivity contribution in [2.75, 3.05) is 13.7 Å². The molecule has 0 radical (unpaired) electrons. The first-order valence-corrected chi connectivity index (χ1v) is 8.68. The van der Waals surface area contributed by atoms with Crippen LogP contribution in [-0.4, -0.2) is 34.3 Å². The molecule has 6 nitrogen and oxygen atoms in total. The molecule has 0 aliphatic rings. The number of ether oxygens (including phenoxy) is 1. The van der Waals surface area contributed by atoms with Gasteiger partial charge in [0.05, 0.1) is 7.11 Å². The smallest absolute Gasteiger partial charge is 0.240 e. The average Bonchev–Trinajstić information content (AvgIpc) is 3.03. The second-order valence-electron chi connectivity index (χ2n) is 5.75. The second-order valence-corrected chi connectivity index (χ2v) is 6.14. The van der Waals surface area contributed by atoms with Gasteiger partial charge in [-0.2, -0.15) is 5.10 Å². The summed E-state index contributed by atoms with van der Waals surface area (Å²) in [6.45, 7) is 0.692. The summed E-state index contributed by atoms with van der Waals surface area (Å²) in [7, 11) is 1.62. The molecule has 7 heteroatoms. The molecule has 0 atom stereocenters. The lowest BCUT2D eigenvalue weighted by Gasteiger charge is -2.09. The van der Waals surface area contributed by atoms with Gasteiger partial charge >= 0.3 is 0 Å². The molecule has 1 heterocycles. The van der Waals surface area contributed by atoms with E-state index in [-0.39, 0.29) is 12.5 Å². The van der Waals surface area contributed by atoms with Gasteiger partial charge in [0.1, 0.15) is 12.3 Å². The predicted molar refractivity (Wildman–Crippen MR) is 103 cm³/mol. The lowest BCUT2D eigenvalue weighted by atomic mass is 10.1. The van der Waals surface area contributed by atoms with Crippen LogP contribution < -0.4 is 10.1 Å². The molecule has 0 aliphatic heterocycles. The maximum atomic E-state index is 12.3. The second kappa shape index (κ2) is 8.44. The van der Waals surface area contributed by atoms with Crippen LogP contribution in [0.5, 0.6) is 5.75 Å². The van der Waals surface area contributed by atoms with Crippen LogP contribution in [0.15, 0.2) is 54.6 Å². The van der Waals surface area contributed by atoms with E-state index in [2.05, 4.69) is 15.5 Å². The standard InChI is InChI=1S/C19H20N4O2S/c1-25-16-9-7-15(8-10-16)18-21-22-19(26)23(18)13-17(24)20-12-11-14-5-3-2-4-6-14/h2-10H,11-13H2,1H3,(H,20,24)(H,22,26).